The van der Waals surface area contributed by atoms with E-state index in [1.807, 2.05) is 37.3 Å². The predicted octanol–water partition coefficient (Wildman–Crippen LogP) is 3.86. The maximum absolute atomic E-state index is 6.11. The van der Waals surface area contributed by atoms with Crippen LogP contribution in [0.3, 0.4) is 0 Å². The molecule has 1 unspecified atom stereocenters. The molecule has 8 heteroatoms. The van der Waals surface area contributed by atoms with Gasteiger partial charge in [0.2, 0.25) is 13.6 Å². The summed E-state index contributed by atoms with van der Waals surface area (Å²) in [6, 6.07) is 9.92. The molecule has 3 aromatic rings. The van der Waals surface area contributed by atoms with E-state index in [4.69, 9.17) is 28.7 Å². The Morgan fingerprint density at radius 3 is 2.42 bits per heavy atom. The molecule has 0 amide bonds. The summed E-state index contributed by atoms with van der Waals surface area (Å²) in [5.74, 6) is 2.78. The standard InChI is InChI=1S/C23H25N3O5/c1-14(5-4-8-26(2)3)31-23-24-17-11-21-20(29-13-30-21)10-16(17)22(25-23)15-6-7-18-19(9-15)28-12-27-18/h6-7,9-11,14H,4-5,8,12-13H2,1-3H3. The van der Waals surface area contributed by atoms with E-state index < -0.39 is 0 Å². The van der Waals surface area contributed by atoms with Crippen LogP contribution in [0.4, 0.5) is 0 Å². The van der Waals surface area contributed by atoms with Gasteiger partial charge in [0, 0.05) is 17.0 Å². The number of rotatable bonds is 7. The fraction of sp³-hybridized carbons (Fsp3) is 0.391. The van der Waals surface area contributed by atoms with Gasteiger partial charge in [0.25, 0.3) is 0 Å². The third-order valence-corrected chi connectivity index (χ3v) is 5.34. The summed E-state index contributed by atoms with van der Waals surface area (Å²) in [6.45, 7) is 3.48. The molecule has 0 saturated heterocycles. The minimum absolute atomic E-state index is 0.00369. The number of hydrogen-bond acceptors (Lipinski definition) is 8. The van der Waals surface area contributed by atoms with Crippen molar-refractivity contribution in [2.45, 2.75) is 25.9 Å². The molecule has 0 N–H and O–H groups in total. The van der Waals surface area contributed by atoms with E-state index in [1.165, 1.54) is 0 Å². The molecule has 1 atom stereocenters. The van der Waals surface area contributed by atoms with Gasteiger partial charge in [-0.3, -0.25) is 0 Å². The van der Waals surface area contributed by atoms with Gasteiger partial charge in [0.05, 0.1) is 17.3 Å². The molecule has 3 heterocycles. The summed E-state index contributed by atoms with van der Waals surface area (Å²) in [7, 11) is 4.14. The summed E-state index contributed by atoms with van der Waals surface area (Å²) in [4.78, 5) is 11.6. The van der Waals surface area contributed by atoms with E-state index in [1.54, 1.807) is 0 Å². The molecule has 1 aromatic heterocycles. The second-order valence-electron chi connectivity index (χ2n) is 8.02. The molecular formula is C23H25N3O5. The fourth-order valence-electron chi connectivity index (χ4n) is 3.75. The molecule has 8 nitrogen and oxygen atoms in total. The number of fused-ring (bicyclic) bond motifs is 3. The third-order valence-electron chi connectivity index (χ3n) is 5.34. The van der Waals surface area contributed by atoms with Crippen LogP contribution in [-0.2, 0) is 0 Å². The lowest BCUT2D eigenvalue weighted by Crippen LogP contribution is -2.18. The minimum Gasteiger partial charge on any atom is -0.460 e. The Morgan fingerprint density at radius 1 is 0.935 bits per heavy atom. The molecule has 0 bridgehead atoms. The van der Waals surface area contributed by atoms with Crippen molar-refractivity contribution >= 4 is 10.9 Å². The Labute approximate surface area is 180 Å². The molecular weight excluding hydrogens is 398 g/mol. The van der Waals surface area contributed by atoms with Crippen molar-refractivity contribution in [2.75, 3.05) is 34.2 Å². The fourth-order valence-corrected chi connectivity index (χ4v) is 3.75. The zero-order chi connectivity index (χ0) is 21.4. The van der Waals surface area contributed by atoms with Crippen molar-refractivity contribution in [3.05, 3.63) is 30.3 Å². The first-order valence-corrected chi connectivity index (χ1v) is 10.4. The van der Waals surface area contributed by atoms with Crippen LogP contribution in [0.15, 0.2) is 30.3 Å². The van der Waals surface area contributed by atoms with E-state index in [-0.39, 0.29) is 19.7 Å². The summed E-state index contributed by atoms with van der Waals surface area (Å²) >= 11 is 0. The summed E-state index contributed by atoms with van der Waals surface area (Å²) < 4.78 is 28.2. The average molecular weight is 423 g/mol. The van der Waals surface area contributed by atoms with E-state index in [2.05, 4.69) is 24.0 Å². The molecule has 2 aliphatic rings. The Morgan fingerprint density at radius 2 is 1.65 bits per heavy atom. The Bertz CT molecular complexity index is 1120. The summed E-state index contributed by atoms with van der Waals surface area (Å²) in [6.07, 6.45) is 1.95. The first-order chi connectivity index (χ1) is 15.1. The lowest BCUT2D eigenvalue weighted by Gasteiger charge is -2.16. The molecule has 2 aliphatic heterocycles. The number of benzene rings is 2. The largest absolute Gasteiger partial charge is 0.460 e. The van der Waals surface area contributed by atoms with Gasteiger partial charge >= 0.3 is 6.01 Å². The van der Waals surface area contributed by atoms with Gasteiger partial charge in [0.15, 0.2) is 23.0 Å². The van der Waals surface area contributed by atoms with Crippen LogP contribution < -0.4 is 23.7 Å². The molecule has 0 aliphatic carbocycles. The molecule has 0 saturated carbocycles. The van der Waals surface area contributed by atoms with Gasteiger partial charge in [-0.2, -0.15) is 9.97 Å². The van der Waals surface area contributed by atoms with Crippen LogP contribution in [-0.4, -0.2) is 55.2 Å². The zero-order valence-corrected chi connectivity index (χ0v) is 17.9. The minimum atomic E-state index is -0.00369. The highest BCUT2D eigenvalue weighted by Gasteiger charge is 2.21. The Hall–Kier alpha value is -3.26. The van der Waals surface area contributed by atoms with Gasteiger partial charge in [0.1, 0.15) is 0 Å². The van der Waals surface area contributed by atoms with Gasteiger partial charge in [-0.05, 0) is 64.7 Å². The van der Waals surface area contributed by atoms with Crippen molar-refractivity contribution in [2.24, 2.45) is 0 Å². The molecule has 0 fully saturated rings. The van der Waals surface area contributed by atoms with Crippen LogP contribution in [0, 0.1) is 0 Å². The van der Waals surface area contributed by atoms with E-state index in [0.29, 0.717) is 23.3 Å². The third kappa shape index (κ3) is 4.03. The molecule has 5 rings (SSSR count). The highest BCUT2D eigenvalue weighted by Crippen LogP contribution is 2.41. The SMILES string of the molecule is CC(CCCN(C)C)Oc1nc(-c2ccc3c(c2)OCO3)c2cc3c(cc2n1)OCO3. The highest BCUT2D eigenvalue weighted by molar-refractivity contribution is 5.95. The van der Waals surface area contributed by atoms with Gasteiger partial charge in [-0.25, -0.2) is 0 Å². The average Bonchev–Trinajstić information content (AvgIpc) is 3.39. The van der Waals surface area contributed by atoms with Crippen LogP contribution in [0.5, 0.6) is 29.0 Å². The van der Waals surface area contributed by atoms with Crippen LogP contribution >= 0.6 is 0 Å². The van der Waals surface area contributed by atoms with Crippen molar-refractivity contribution < 1.29 is 23.7 Å². The zero-order valence-electron chi connectivity index (χ0n) is 17.9. The van der Waals surface area contributed by atoms with Crippen molar-refractivity contribution in [1.29, 1.82) is 0 Å². The second-order valence-corrected chi connectivity index (χ2v) is 8.02. The highest BCUT2D eigenvalue weighted by atomic mass is 16.7. The van der Waals surface area contributed by atoms with E-state index in [0.717, 1.165) is 47.3 Å². The normalized spacial score (nSPS) is 15.0. The van der Waals surface area contributed by atoms with E-state index >= 15 is 0 Å². The number of ether oxygens (including phenoxy) is 5. The molecule has 0 spiro atoms. The predicted molar refractivity (Wildman–Crippen MR) is 115 cm³/mol. The maximum atomic E-state index is 6.11. The first-order valence-electron chi connectivity index (χ1n) is 10.4. The monoisotopic (exact) mass is 423 g/mol. The number of hydrogen-bond donors (Lipinski definition) is 0. The lowest BCUT2D eigenvalue weighted by molar-refractivity contribution is 0.173. The lowest BCUT2D eigenvalue weighted by atomic mass is 10.1. The van der Waals surface area contributed by atoms with Gasteiger partial charge in [-0.1, -0.05) is 0 Å². The Balaban J connectivity index is 1.52. The van der Waals surface area contributed by atoms with Crippen LogP contribution in [0.2, 0.25) is 0 Å². The Kier molecular flexibility index (Phi) is 5.15. The van der Waals surface area contributed by atoms with Crippen LogP contribution in [0.1, 0.15) is 19.8 Å². The van der Waals surface area contributed by atoms with Gasteiger partial charge < -0.3 is 28.6 Å². The smallest absolute Gasteiger partial charge is 0.317 e. The maximum Gasteiger partial charge on any atom is 0.317 e. The van der Waals surface area contributed by atoms with Crippen molar-refractivity contribution in [1.82, 2.24) is 14.9 Å². The molecule has 2 aromatic carbocycles. The van der Waals surface area contributed by atoms with E-state index in [9.17, 15) is 0 Å². The molecule has 31 heavy (non-hydrogen) atoms. The second kappa shape index (κ2) is 8.11. The summed E-state index contributed by atoms with van der Waals surface area (Å²) in [5.41, 5.74) is 2.38. The number of nitrogens with zero attached hydrogens (tertiary/aromatic N) is 3. The van der Waals surface area contributed by atoms with Gasteiger partial charge in [-0.15, -0.1) is 0 Å². The molecule has 0 radical (unpaired) electrons. The van der Waals surface area contributed by atoms with Crippen LogP contribution in [0.25, 0.3) is 22.2 Å². The quantitative estimate of drug-likeness (QED) is 0.567. The first kappa shape index (κ1) is 19.7. The number of aromatic nitrogens is 2. The van der Waals surface area contributed by atoms with Crippen molar-refractivity contribution in [3.8, 4) is 40.3 Å². The topological polar surface area (TPSA) is 75.2 Å². The summed E-state index contributed by atoms with van der Waals surface area (Å²) in [5, 5.41) is 0.857. The molecule has 162 valence electrons. The van der Waals surface area contributed by atoms with Crippen molar-refractivity contribution in [3.63, 3.8) is 0 Å².